The third-order valence-corrected chi connectivity index (χ3v) is 6.39. The molecule has 1 aromatic carbocycles. The Bertz CT molecular complexity index is 1060. The molecule has 0 aliphatic rings. The van der Waals surface area contributed by atoms with Gasteiger partial charge in [-0.3, -0.25) is 9.69 Å². The largest absolute Gasteiger partial charge is 0.497 e. The van der Waals surface area contributed by atoms with Crippen LogP contribution in [0.5, 0.6) is 5.75 Å². The maximum Gasteiger partial charge on any atom is 0.270 e. The molecule has 0 aliphatic heterocycles. The number of thiophene rings is 1. The van der Waals surface area contributed by atoms with Gasteiger partial charge in [0.25, 0.3) is 5.91 Å². The number of amides is 1. The molecule has 0 fully saturated rings. The van der Waals surface area contributed by atoms with Gasteiger partial charge in [0.05, 0.1) is 38.8 Å². The van der Waals surface area contributed by atoms with Crippen molar-refractivity contribution in [3.05, 3.63) is 63.2 Å². The van der Waals surface area contributed by atoms with Crippen molar-refractivity contribution < 1.29 is 13.9 Å². The number of benzene rings is 1. The summed E-state index contributed by atoms with van der Waals surface area (Å²) in [7, 11) is 1.63. The number of hydrogen-bond donors (Lipinski definition) is 0. The van der Waals surface area contributed by atoms with Crippen molar-refractivity contribution in [2.45, 2.75) is 6.54 Å². The Labute approximate surface area is 166 Å². The van der Waals surface area contributed by atoms with Crippen LogP contribution in [0.2, 0.25) is 0 Å². The highest BCUT2D eigenvalue weighted by Gasteiger charge is 2.24. The Balaban J connectivity index is 1.75. The van der Waals surface area contributed by atoms with Gasteiger partial charge < -0.3 is 9.15 Å². The lowest BCUT2D eigenvalue weighted by molar-refractivity contribution is 0.0987. The van der Waals surface area contributed by atoms with Gasteiger partial charge in [-0.1, -0.05) is 11.3 Å². The van der Waals surface area contributed by atoms with Crippen molar-refractivity contribution in [2.24, 2.45) is 0 Å². The zero-order valence-electron chi connectivity index (χ0n) is 13.6. The Hall–Kier alpha value is -2.16. The smallest absolute Gasteiger partial charge is 0.270 e. The zero-order chi connectivity index (χ0) is 18.1. The van der Waals surface area contributed by atoms with Crippen molar-refractivity contribution in [2.75, 3.05) is 12.0 Å². The summed E-state index contributed by atoms with van der Waals surface area (Å²) < 4.78 is 12.6. The highest BCUT2D eigenvalue weighted by atomic mass is 79.9. The number of ether oxygens (including phenoxy) is 1. The van der Waals surface area contributed by atoms with Crippen molar-refractivity contribution >= 4 is 59.9 Å². The van der Waals surface area contributed by atoms with E-state index in [9.17, 15) is 4.79 Å². The average Bonchev–Trinajstić information content (AvgIpc) is 3.38. The molecular weight excluding hydrogens is 436 g/mol. The lowest BCUT2D eigenvalue weighted by Gasteiger charge is -2.17. The fourth-order valence-corrected chi connectivity index (χ4v) is 4.81. The lowest BCUT2D eigenvalue weighted by Crippen LogP contribution is -2.29. The highest BCUT2D eigenvalue weighted by molar-refractivity contribution is 9.11. The highest BCUT2D eigenvalue weighted by Crippen LogP contribution is 2.34. The van der Waals surface area contributed by atoms with Crippen LogP contribution in [-0.2, 0) is 6.54 Å². The predicted molar refractivity (Wildman–Crippen MR) is 107 cm³/mol. The molecule has 0 unspecified atom stereocenters. The van der Waals surface area contributed by atoms with Gasteiger partial charge in [0.2, 0.25) is 0 Å². The van der Waals surface area contributed by atoms with Gasteiger partial charge >= 0.3 is 0 Å². The Kier molecular flexibility index (Phi) is 4.80. The summed E-state index contributed by atoms with van der Waals surface area (Å²) in [6, 6.07) is 13.0. The Morgan fingerprint density at radius 3 is 2.85 bits per heavy atom. The molecule has 0 aliphatic carbocycles. The molecule has 0 saturated carbocycles. The monoisotopic (exact) mass is 448 g/mol. The fraction of sp³-hybridized carbons (Fsp3) is 0.111. The van der Waals surface area contributed by atoms with Gasteiger partial charge in [0, 0.05) is 0 Å². The minimum Gasteiger partial charge on any atom is -0.497 e. The van der Waals surface area contributed by atoms with Crippen LogP contribution in [0.3, 0.4) is 0 Å². The molecule has 4 aromatic rings. The van der Waals surface area contributed by atoms with Crippen LogP contribution in [0, 0.1) is 0 Å². The summed E-state index contributed by atoms with van der Waals surface area (Å²) in [5.74, 6) is 1.35. The summed E-state index contributed by atoms with van der Waals surface area (Å²) in [6.45, 7) is 0.318. The summed E-state index contributed by atoms with van der Waals surface area (Å²) in [5, 5.41) is 0.624. The molecule has 1 amide bonds. The van der Waals surface area contributed by atoms with E-state index in [1.54, 1.807) is 18.3 Å². The molecule has 8 heteroatoms. The molecule has 4 rings (SSSR count). The number of fused-ring (bicyclic) bond motifs is 1. The fourth-order valence-electron chi connectivity index (χ4n) is 2.48. The summed E-state index contributed by atoms with van der Waals surface area (Å²) in [5.41, 5.74) is 0.829. The summed E-state index contributed by atoms with van der Waals surface area (Å²) >= 11 is 6.26. The number of rotatable bonds is 5. The number of hydrogen-bond acceptors (Lipinski definition) is 6. The minimum absolute atomic E-state index is 0.108. The standard InChI is InChI=1S/C18H13BrN2O3S2/c1-23-11-4-5-13-15(9-11)26-18(20-13)21(10-12-3-2-8-24-12)17(22)14-6-7-16(19)25-14/h2-9H,10H2,1H3. The molecule has 3 aromatic heterocycles. The van der Waals surface area contributed by atoms with Crippen molar-refractivity contribution in [3.63, 3.8) is 0 Å². The van der Waals surface area contributed by atoms with E-state index in [2.05, 4.69) is 20.9 Å². The molecule has 0 N–H and O–H groups in total. The SMILES string of the molecule is COc1ccc2nc(N(Cc3ccco3)C(=O)c3ccc(Br)s3)sc2c1. The van der Waals surface area contributed by atoms with Gasteiger partial charge in [-0.2, -0.15) is 0 Å². The molecule has 5 nitrogen and oxygen atoms in total. The number of furan rings is 1. The topological polar surface area (TPSA) is 55.6 Å². The van der Waals surface area contributed by atoms with E-state index in [4.69, 9.17) is 9.15 Å². The number of thiazole rings is 1. The van der Waals surface area contributed by atoms with Crippen molar-refractivity contribution in [3.8, 4) is 5.75 Å². The molecule has 0 saturated heterocycles. The number of carbonyl (C=O) groups is 1. The second-order valence-electron chi connectivity index (χ2n) is 5.40. The predicted octanol–water partition coefficient (Wildman–Crippen LogP) is 5.57. The van der Waals surface area contributed by atoms with Gasteiger partial charge in [0.15, 0.2) is 5.13 Å². The second kappa shape index (κ2) is 7.22. The first-order valence-electron chi connectivity index (χ1n) is 7.68. The molecular formula is C18H13BrN2O3S2. The van der Waals surface area contributed by atoms with Crippen LogP contribution in [0.4, 0.5) is 5.13 Å². The Morgan fingerprint density at radius 1 is 1.27 bits per heavy atom. The van der Waals surface area contributed by atoms with E-state index in [0.717, 1.165) is 19.8 Å². The Morgan fingerprint density at radius 2 is 2.15 bits per heavy atom. The first kappa shape index (κ1) is 17.3. The van der Waals surface area contributed by atoms with Crippen LogP contribution in [0.15, 0.2) is 56.9 Å². The summed E-state index contributed by atoms with van der Waals surface area (Å²) in [6.07, 6.45) is 1.60. The molecule has 26 heavy (non-hydrogen) atoms. The van der Waals surface area contributed by atoms with E-state index in [0.29, 0.717) is 22.3 Å². The number of anilines is 1. The zero-order valence-corrected chi connectivity index (χ0v) is 16.9. The van der Waals surface area contributed by atoms with Crippen molar-refractivity contribution in [1.82, 2.24) is 4.98 Å². The average molecular weight is 449 g/mol. The number of carbonyl (C=O) groups excluding carboxylic acids is 1. The normalized spacial score (nSPS) is 11.0. The molecule has 0 atom stereocenters. The molecule has 0 radical (unpaired) electrons. The van der Waals surface area contributed by atoms with Crippen LogP contribution < -0.4 is 9.64 Å². The maximum atomic E-state index is 13.1. The molecule has 132 valence electrons. The van der Waals surface area contributed by atoms with E-state index in [1.165, 1.54) is 22.7 Å². The first-order valence-corrected chi connectivity index (χ1v) is 10.1. The third kappa shape index (κ3) is 3.40. The van der Waals surface area contributed by atoms with Crippen LogP contribution in [0.25, 0.3) is 10.2 Å². The van der Waals surface area contributed by atoms with Gasteiger partial charge in [0.1, 0.15) is 11.5 Å². The van der Waals surface area contributed by atoms with Crippen LogP contribution >= 0.6 is 38.6 Å². The first-order chi connectivity index (χ1) is 12.6. The van der Waals surface area contributed by atoms with E-state index < -0.39 is 0 Å². The van der Waals surface area contributed by atoms with Gasteiger partial charge in [-0.15, -0.1) is 11.3 Å². The second-order valence-corrected chi connectivity index (χ2v) is 8.88. The number of halogens is 1. The minimum atomic E-state index is -0.108. The van der Waals surface area contributed by atoms with E-state index in [1.807, 2.05) is 42.5 Å². The third-order valence-electron chi connectivity index (χ3n) is 3.74. The quantitative estimate of drug-likeness (QED) is 0.400. The maximum absolute atomic E-state index is 13.1. The van der Waals surface area contributed by atoms with Crippen molar-refractivity contribution in [1.29, 1.82) is 0 Å². The number of nitrogens with zero attached hydrogens (tertiary/aromatic N) is 2. The molecule has 3 heterocycles. The van der Waals surface area contributed by atoms with Crippen LogP contribution in [0.1, 0.15) is 15.4 Å². The van der Waals surface area contributed by atoms with Crippen LogP contribution in [-0.4, -0.2) is 18.0 Å². The van der Waals surface area contributed by atoms with Gasteiger partial charge in [-0.05, 0) is 58.4 Å². The van der Waals surface area contributed by atoms with E-state index in [-0.39, 0.29) is 5.91 Å². The number of aromatic nitrogens is 1. The summed E-state index contributed by atoms with van der Waals surface area (Å²) in [4.78, 5) is 20.0. The van der Waals surface area contributed by atoms with E-state index >= 15 is 0 Å². The molecule has 0 spiro atoms. The lowest BCUT2D eigenvalue weighted by atomic mass is 10.3. The number of methoxy groups -OCH3 is 1. The van der Waals surface area contributed by atoms with Gasteiger partial charge in [-0.25, -0.2) is 4.98 Å². The molecule has 0 bridgehead atoms.